The van der Waals surface area contributed by atoms with Gasteiger partial charge in [-0.2, -0.15) is 0 Å². The first kappa shape index (κ1) is 21.2. The molecule has 0 bridgehead atoms. The molecule has 4 rings (SSSR count). The zero-order valence-electron chi connectivity index (χ0n) is 18.1. The predicted octanol–water partition coefficient (Wildman–Crippen LogP) is 3.03. The Balaban J connectivity index is 1.68. The Morgan fingerprint density at radius 1 is 1.19 bits per heavy atom. The molecule has 31 heavy (non-hydrogen) atoms. The van der Waals surface area contributed by atoms with Crippen molar-refractivity contribution < 1.29 is 24.1 Å². The summed E-state index contributed by atoms with van der Waals surface area (Å²) in [5.41, 5.74) is 1.38. The Labute approximate surface area is 181 Å². The smallest absolute Gasteiger partial charge is 0.408 e. The van der Waals surface area contributed by atoms with Crippen LogP contribution in [0, 0.1) is 0 Å². The zero-order valence-corrected chi connectivity index (χ0v) is 18.1. The summed E-state index contributed by atoms with van der Waals surface area (Å²) < 4.78 is 16.2. The molecule has 1 aromatic carbocycles. The number of aliphatic hydroxyl groups excluding tert-OH is 1. The lowest BCUT2D eigenvalue weighted by atomic mass is 10.1. The number of nitrogens with one attached hydrogen (secondary N) is 1. The molecular weight excluding hydrogens is 400 g/mol. The van der Waals surface area contributed by atoms with E-state index < -0.39 is 17.7 Å². The number of rotatable bonds is 5. The normalized spacial score (nSPS) is 16.3. The monoisotopic (exact) mass is 428 g/mol. The number of ether oxygens (including phenoxy) is 3. The molecule has 1 amide bonds. The molecule has 0 spiro atoms. The fraction of sp³-hybridized carbons (Fsp3) is 0.500. The third-order valence-corrected chi connectivity index (χ3v) is 5.02. The fourth-order valence-electron chi connectivity index (χ4n) is 3.56. The number of carbonyl (C=O) groups excluding carboxylic acids is 1. The Kier molecular flexibility index (Phi) is 5.86. The Morgan fingerprint density at radius 3 is 2.65 bits per heavy atom. The number of alkyl carbamates (subject to hydrolysis) is 1. The van der Waals surface area contributed by atoms with E-state index in [4.69, 9.17) is 19.2 Å². The Morgan fingerprint density at radius 2 is 1.94 bits per heavy atom. The van der Waals surface area contributed by atoms with Gasteiger partial charge in [0, 0.05) is 18.7 Å². The van der Waals surface area contributed by atoms with Gasteiger partial charge < -0.3 is 29.5 Å². The second-order valence-electron chi connectivity index (χ2n) is 8.62. The van der Waals surface area contributed by atoms with E-state index in [0.717, 1.165) is 31.5 Å². The number of benzene rings is 1. The van der Waals surface area contributed by atoms with E-state index in [1.807, 2.05) is 18.2 Å². The molecule has 2 aliphatic heterocycles. The van der Waals surface area contributed by atoms with Gasteiger partial charge in [-0.1, -0.05) is 0 Å². The van der Waals surface area contributed by atoms with Gasteiger partial charge >= 0.3 is 6.09 Å². The number of carbonyl (C=O) groups is 1. The van der Waals surface area contributed by atoms with Gasteiger partial charge in [0.25, 0.3) is 0 Å². The van der Waals surface area contributed by atoms with Crippen molar-refractivity contribution in [2.45, 2.75) is 45.3 Å². The van der Waals surface area contributed by atoms with Gasteiger partial charge in [0.2, 0.25) is 12.7 Å². The Hall–Kier alpha value is -3.07. The third-order valence-electron chi connectivity index (χ3n) is 5.02. The zero-order chi connectivity index (χ0) is 22.0. The van der Waals surface area contributed by atoms with Crippen LogP contribution < -0.4 is 19.7 Å². The number of aliphatic hydroxyl groups is 1. The molecule has 0 saturated carbocycles. The van der Waals surface area contributed by atoms with Gasteiger partial charge in [-0.05, 0) is 57.9 Å². The number of amides is 1. The molecule has 3 heterocycles. The lowest BCUT2D eigenvalue weighted by Crippen LogP contribution is -2.37. The van der Waals surface area contributed by atoms with E-state index in [-0.39, 0.29) is 13.4 Å². The van der Waals surface area contributed by atoms with Crippen molar-refractivity contribution in [1.29, 1.82) is 0 Å². The van der Waals surface area contributed by atoms with Crippen LogP contribution in [0.1, 0.15) is 45.3 Å². The van der Waals surface area contributed by atoms with Crippen LogP contribution in [-0.4, -0.2) is 53.3 Å². The minimum absolute atomic E-state index is 0.194. The summed E-state index contributed by atoms with van der Waals surface area (Å²) in [4.78, 5) is 23.8. The van der Waals surface area contributed by atoms with Crippen LogP contribution in [-0.2, 0) is 4.74 Å². The predicted molar refractivity (Wildman–Crippen MR) is 114 cm³/mol. The first-order chi connectivity index (χ1) is 14.8. The Bertz CT molecular complexity index is 953. The molecular formula is C22H28N4O5. The standard InChI is InChI=1S/C22H28N4O5/c1-22(2,3)31-21(28)25-17(12-27)16-11-15(23-20(24-16)26-8-4-5-9-26)14-6-7-18-19(10-14)30-13-29-18/h6-7,10-11,17,27H,4-5,8-9,12-13H2,1-3H3,(H,25,28)/t17-/m1/s1. The maximum Gasteiger partial charge on any atom is 0.408 e. The van der Waals surface area contributed by atoms with Crippen molar-refractivity contribution in [3.8, 4) is 22.8 Å². The molecule has 2 aromatic rings. The van der Waals surface area contributed by atoms with Crippen molar-refractivity contribution in [3.63, 3.8) is 0 Å². The molecule has 166 valence electrons. The van der Waals surface area contributed by atoms with E-state index in [9.17, 15) is 9.90 Å². The van der Waals surface area contributed by atoms with Gasteiger partial charge in [-0.25, -0.2) is 14.8 Å². The lowest BCUT2D eigenvalue weighted by molar-refractivity contribution is 0.0480. The first-order valence-corrected chi connectivity index (χ1v) is 10.5. The summed E-state index contributed by atoms with van der Waals surface area (Å²) >= 11 is 0. The molecule has 1 saturated heterocycles. The number of hydrogen-bond donors (Lipinski definition) is 2. The molecule has 1 aromatic heterocycles. The maximum absolute atomic E-state index is 12.3. The highest BCUT2D eigenvalue weighted by molar-refractivity contribution is 5.69. The first-order valence-electron chi connectivity index (χ1n) is 10.5. The quantitative estimate of drug-likeness (QED) is 0.749. The van der Waals surface area contributed by atoms with E-state index in [2.05, 4.69) is 15.2 Å². The van der Waals surface area contributed by atoms with Gasteiger partial charge in [0.15, 0.2) is 11.5 Å². The topological polar surface area (TPSA) is 106 Å². The molecule has 2 aliphatic rings. The van der Waals surface area contributed by atoms with Gasteiger partial charge in [-0.3, -0.25) is 0 Å². The molecule has 1 atom stereocenters. The van der Waals surface area contributed by atoms with Crippen LogP contribution >= 0.6 is 0 Å². The van der Waals surface area contributed by atoms with Crippen LogP contribution in [0.3, 0.4) is 0 Å². The fourth-order valence-corrected chi connectivity index (χ4v) is 3.56. The van der Waals surface area contributed by atoms with E-state index in [0.29, 0.717) is 28.8 Å². The summed E-state index contributed by atoms with van der Waals surface area (Å²) in [6.07, 6.45) is 1.54. The number of hydrogen-bond acceptors (Lipinski definition) is 8. The molecule has 2 N–H and O–H groups in total. The van der Waals surface area contributed by atoms with E-state index in [1.165, 1.54) is 0 Å². The average molecular weight is 428 g/mol. The van der Waals surface area contributed by atoms with Gasteiger partial charge in [0.05, 0.1) is 24.0 Å². The number of aromatic nitrogens is 2. The number of fused-ring (bicyclic) bond motifs is 1. The average Bonchev–Trinajstić information content (AvgIpc) is 3.41. The largest absolute Gasteiger partial charge is 0.454 e. The minimum Gasteiger partial charge on any atom is -0.454 e. The molecule has 9 nitrogen and oxygen atoms in total. The lowest BCUT2D eigenvalue weighted by Gasteiger charge is -2.24. The van der Waals surface area contributed by atoms with Gasteiger partial charge in [-0.15, -0.1) is 0 Å². The maximum atomic E-state index is 12.3. The van der Waals surface area contributed by atoms with E-state index in [1.54, 1.807) is 26.8 Å². The highest BCUT2D eigenvalue weighted by atomic mass is 16.7. The molecule has 0 aliphatic carbocycles. The summed E-state index contributed by atoms with van der Waals surface area (Å²) in [6.45, 7) is 6.97. The molecule has 0 radical (unpaired) electrons. The summed E-state index contributed by atoms with van der Waals surface area (Å²) in [6, 6.07) is 6.67. The van der Waals surface area contributed by atoms with Crippen LogP contribution in [0.5, 0.6) is 11.5 Å². The summed E-state index contributed by atoms with van der Waals surface area (Å²) in [5.74, 6) is 1.93. The summed E-state index contributed by atoms with van der Waals surface area (Å²) in [7, 11) is 0. The molecule has 1 fully saturated rings. The van der Waals surface area contributed by atoms with Crippen molar-refractivity contribution in [1.82, 2.24) is 15.3 Å². The molecule has 0 unspecified atom stereocenters. The van der Waals surface area contributed by atoms with Crippen molar-refractivity contribution >= 4 is 12.0 Å². The highest BCUT2D eigenvalue weighted by Crippen LogP contribution is 2.36. The van der Waals surface area contributed by atoms with Crippen LogP contribution in [0.25, 0.3) is 11.3 Å². The molecule has 9 heteroatoms. The number of nitrogens with zero attached hydrogens (tertiary/aromatic N) is 3. The summed E-state index contributed by atoms with van der Waals surface area (Å²) in [5, 5.41) is 12.7. The highest BCUT2D eigenvalue weighted by Gasteiger charge is 2.24. The number of anilines is 1. The van der Waals surface area contributed by atoms with Crippen LogP contribution in [0.4, 0.5) is 10.7 Å². The minimum atomic E-state index is -0.730. The SMILES string of the molecule is CC(C)(C)OC(=O)N[C@H](CO)c1cc(-c2ccc3c(c2)OCO3)nc(N2CCCC2)n1. The van der Waals surface area contributed by atoms with Crippen molar-refractivity contribution in [2.24, 2.45) is 0 Å². The van der Waals surface area contributed by atoms with E-state index >= 15 is 0 Å². The van der Waals surface area contributed by atoms with Crippen molar-refractivity contribution in [3.05, 3.63) is 30.0 Å². The van der Waals surface area contributed by atoms with Gasteiger partial charge in [0.1, 0.15) is 5.60 Å². The third kappa shape index (κ3) is 4.99. The second kappa shape index (κ2) is 8.58. The second-order valence-corrected chi connectivity index (χ2v) is 8.62. The van der Waals surface area contributed by atoms with Crippen LogP contribution in [0.15, 0.2) is 24.3 Å². The van der Waals surface area contributed by atoms with Crippen LogP contribution in [0.2, 0.25) is 0 Å². The van der Waals surface area contributed by atoms with Crippen molar-refractivity contribution in [2.75, 3.05) is 31.4 Å².